The van der Waals surface area contributed by atoms with Gasteiger partial charge in [0.25, 0.3) is 0 Å². The Balaban J connectivity index is 2.52. The first-order valence-corrected chi connectivity index (χ1v) is 4.34. The Morgan fingerprint density at radius 1 is 1.38 bits per heavy atom. The van der Waals surface area contributed by atoms with Crippen molar-refractivity contribution in [2.75, 3.05) is 0 Å². The van der Waals surface area contributed by atoms with Crippen molar-refractivity contribution >= 4 is 11.6 Å². The molecule has 0 N–H and O–H groups in total. The SMILES string of the molecule is Cc1[c]nn(-c2ccccc2Cl)c1. The maximum absolute atomic E-state index is 5.99. The van der Waals surface area contributed by atoms with Crippen LogP contribution in [0.1, 0.15) is 5.56 Å². The van der Waals surface area contributed by atoms with Crippen LogP contribution in [0.25, 0.3) is 5.69 Å². The lowest BCUT2D eigenvalue weighted by molar-refractivity contribution is 0.877. The van der Waals surface area contributed by atoms with Gasteiger partial charge in [0, 0.05) is 6.20 Å². The van der Waals surface area contributed by atoms with Crippen LogP contribution < -0.4 is 0 Å². The van der Waals surface area contributed by atoms with Gasteiger partial charge in [-0.2, -0.15) is 5.10 Å². The van der Waals surface area contributed by atoms with Crippen LogP contribution in [0.2, 0.25) is 5.02 Å². The molecule has 0 amide bonds. The average Bonchev–Trinajstić information content (AvgIpc) is 2.53. The third-order valence-electron chi connectivity index (χ3n) is 1.75. The molecule has 0 aliphatic heterocycles. The van der Waals surface area contributed by atoms with E-state index in [1.807, 2.05) is 37.4 Å². The Kier molecular flexibility index (Phi) is 2.07. The van der Waals surface area contributed by atoms with Gasteiger partial charge in [0.05, 0.1) is 10.7 Å². The summed E-state index contributed by atoms with van der Waals surface area (Å²) >= 11 is 5.99. The lowest BCUT2D eigenvalue weighted by atomic mass is 10.3. The molecule has 0 saturated heterocycles. The predicted octanol–water partition coefficient (Wildman–Crippen LogP) is 2.63. The Morgan fingerprint density at radius 2 is 2.15 bits per heavy atom. The summed E-state index contributed by atoms with van der Waals surface area (Å²) in [6.07, 6.45) is 4.74. The van der Waals surface area contributed by atoms with E-state index < -0.39 is 0 Å². The van der Waals surface area contributed by atoms with Crippen LogP contribution in [0.15, 0.2) is 30.5 Å². The third kappa shape index (κ3) is 1.58. The highest BCUT2D eigenvalue weighted by atomic mass is 35.5. The summed E-state index contributed by atoms with van der Waals surface area (Å²) in [4.78, 5) is 0. The number of hydrogen-bond acceptors (Lipinski definition) is 1. The summed E-state index contributed by atoms with van der Waals surface area (Å²) in [5, 5.41) is 4.75. The number of para-hydroxylation sites is 1. The molecule has 0 spiro atoms. The quantitative estimate of drug-likeness (QED) is 0.678. The molecule has 2 aromatic rings. The fourth-order valence-corrected chi connectivity index (χ4v) is 1.36. The normalized spacial score (nSPS) is 10.3. The molecular weight excluding hydrogens is 184 g/mol. The number of aryl methyl sites for hydroxylation is 1. The van der Waals surface area contributed by atoms with Gasteiger partial charge in [0.1, 0.15) is 6.20 Å². The van der Waals surface area contributed by atoms with Gasteiger partial charge < -0.3 is 0 Å². The molecule has 2 nitrogen and oxygen atoms in total. The van der Waals surface area contributed by atoms with E-state index >= 15 is 0 Å². The van der Waals surface area contributed by atoms with E-state index in [4.69, 9.17) is 11.6 Å². The minimum atomic E-state index is 0.694. The maximum Gasteiger partial charge on any atom is 0.116 e. The van der Waals surface area contributed by atoms with Crippen molar-refractivity contribution < 1.29 is 0 Å². The summed E-state index contributed by atoms with van der Waals surface area (Å²) < 4.78 is 1.72. The first kappa shape index (κ1) is 8.32. The van der Waals surface area contributed by atoms with Crippen LogP contribution in [-0.2, 0) is 0 Å². The highest BCUT2D eigenvalue weighted by Gasteiger charge is 2.01. The fourth-order valence-electron chi connectivity index (χ4n) is 1.13. The average molecular weight is 192 g/mol. The fraction of sp³-hybridized carbons (Fsp3) is 0.100. The largest absolute Gasteiger partial charge is 0.239 e. The summed E-state index contributed by atoms with van der Waals surface area (Å²) in [5.74, 6) is 0. The van der Waals surface area contributed by atoms with Crippen LogP contribution >= 0.6 is 11.6 Å². The summed E-state index contributed by atoms with van der Waals surface area (Å²) in [5.41, 5.74) is 1.88. The number of halogens is 1. The third-order valence-corrected chi connectivity index (χ3v) is 2.07. The van der Waals surface area contributed by atoms with Crippen molar-refractivity contribution in [3.8, 4) is 5.69 Å². The molecule has 0 aliphatic carbocycles. The lowest BCUT2D eigenvalue weighted by Crippen LogP contribution is -1.94. The zero-order valence-electron chi connectivity index (χ0n) is 7.16. The van der Waals surface area contributed by atoms with Crippen LogP contribution in [0.5, 0.6) is 0 Å². The first-order chi connectivity index (χ1) is 6.27. The van der Waals surface area contributed by atoms with E-state index in [0.29, 0.717) is 5.02 Å². The monoisotopic (exact) mass is 191 g/mol. The Labute approximate surface area is 81.8 Å². The van der Waals surface area contributed by atoms with Gasteiger partial charge in [-0.1, -0.05) is 23.7 Å². The van der Waals surface area contributed by atoms with Crippen LogP contribution in [0, 0.1) is 13.1 Å². The zero-order chi connectivity index (χ0) is 9.26. The molecular formula is C10H8ClN2. The molecule has 0 atom stereocenters. The molecule has 3 heteroatoms. The van der Waals surface area contributed by atoms with Crippen molar-refractivity contribution in [2.45, 2.75) is 6.92 Å². The van der Waals surface area contributed by atoms with Gasteiger partial charge in [-0.15, -0.1) is 0 Å². The molecule has 1 radical (unpaired) electrons. The smallest absolute Gasteiger partial charge is 0.116 e. The highest BCUT2D eigenvalue weighted by Crippen LogP contribution is 2.18. The van der Waals surface area contributed by atoms with Crippen LogP contribution in [0.4, 0.5) is 0 Å². The predicted molar refractivity (Wildman–Crippen MR) is 52.1 cm³/mol. The molecule has 13 heavy (non-hydrogen) atoms. The molecule has 1 aromatic heterocycles. The van der Waals surface area contributed by atoms with Crippen LogP contribution in [-0.4, -0.2) is 9.78 Å². The minimum Gasteiger partial charge on any atom is -0.239 e. The van der Waals surface area contributed by atoms with Gasteiger partial charge in [-0.25, -0.2) is 4.68 Å². The molecule has 0 unspecified atom stereocenters. The number of benzene rings is 1. The molecule has 1 aromatic carbocycles. The summed E-state index contributed by atoms with van der Waals surface area (Å²) in [7, 11) is 0. The van der Waals surface area contributed by atoms with Crippen molar-refractivity contribution in [3.05, 3.63) is 47.2 Å². The van der Waals surface area contributed by atoms with Gasteiger partial charge in [0.15, 0.2) is 0 Å². The number of rotatable bonds is 1. The number of aromatic nitrogens is 2. The molecule has 65 valence electrons. The zero-order valence-corrected chi connectivity index (χ0v) is 7.92. The van der Waals surface area contributed by atoms with E-state index in [0.717, 1.165) is 11.3 Å². The lowest BCUT2D eigenvalue weighted by Gasteiger charge is -2.02. The van der Waals surface area contributed by atoms with Crippen LogP contribution in [0.3, 0.4) is 0 Å². The molecule has 0 bridgehead atoms. The molecule has 0 saturated carbocycles. The Morgan fingerprint density at radius 3 is 2.77 bits per heavy atom. The Bertz CT molecular complexity index is 420. The van der Waals surface area contributed by atoms with Crippen molar-refractivity contribution in [3.63, 3.8) is 0 Å². The second kappa shape index (κ2) is 3.23. The number of nitrogens with zero attached hydrogens (tertiary/aromatic N) is 2. The standard InChI is InChI=1S/C10H8ClN2/c1-8-6-12-13(7-8)10-5-3-2-4-9(10)11/h2-5,7H,1H3. The topological polar surface area (TPSA) is 17.8 Å². The maximum atomic E-state index is 5.99. The van der Waals surface area contributed by atoms with Gasteiger partial charge in [-0.05, 0) is 24.6 Å². The van der Waals surface area contributed by atoms with Crippen molar-refractivity contribution in [1.82, 2.24) is 9.78 Å². The minimum absolute atomic E-state index is 0.694. The van der Waals surface area contributed by atoms with E-state index in [2.05, 4.69) is 11.3 Å². The van der Waals surface area contributed by atoms with Gasteiger partial charge >= 0.3 is 0 Å². The van der Waals surface area contributed by atoms with E-state index in [9.17, 15) is 0 Å². The van der Waals surface area contributed by atoms with E-state index in [1.165, 1.54) is 0 Å². The van der Waals surface area contributed by atoms with Gasteiger partial charge in [-0.3, -0.25) is 0 Å². The van der Waals surface area contributed by atoms with E-state index in [1.54, 1.807) is 4.68 Å². The first-order valence-electron chi connectivity index (χ1n) is 3.96. The molecule has 2 rings (SSSR count). The summed E-state index contributed by atoms with van der Waals surface area (Å²) in [6.45, 7) is 1.94. The molecule has 0 fully saturated rings. The molecule has 0 aliphatic rings. The molecule has 1 heterocycles. The second-order valence-corrected chi connectivity index (χ2v) is 3.23. The van der Waals surface area contributed by atoms with Gasteiger partial charge in [0.2, 0.25) is 0 Å². The number of hydrogen-bond donors (Lipinski definition) is 0. The second-order valence-electron chi connectivity index (χ2n) is 2.82. The van der Waals surface area contributed by atoms with Crippen molar-refractivity contribution in [1.29, 1.82) is 0 Å². The Hall–Kier alpha value is -1.28. The highest BCUT2D eigenvalue weighted by molar-refractivity contribution is 6.32. The van der Waals surface area contributed by atoms with Crippen molar-refractivity contribution in [2.24, 2.45) is 0 Å². The van der Waals surface area contributed by atoms with E-state index in [-0.39, 0.29) is 0 Å². The summed E-state index contributed by atoms with van der Waals surface area (Å²) in [6, 6.07) is 7.58.